The molecule has 3 fully saturated rings. The first-order valence-electron chi connectivity index (χ1n) is 16.3. The fraction of sp³-hybridized carbons (Fsp3) is 0.629. The van der Waals surface area contributed by atoms with Crippen LogP contribution in [-0.2, 0) is 42.9 Å². The Bertz CT molecular complexity index is 1570. The van der Waals surface area contributed by atoms with Crippen molar-refractivity contribution in [1.82, 2.24) is 5.32 Å². The summed E-state index contributed by atoms with van der Waals surface area (Å²) in [6, 6.07) is 7.03. The highest BCUT2D eigenvalue weighted by Gasteiger charge is 2.78. The Morgan fingerprint density at radius 3 is 2.16 bits per heavy atom. The molecule has 1 saturated heterocycles. The molecule has 1 heterocycles. The zero-order chi connectivity index (χ0) is 36.4. The van der Waals surface area contributed by atoms with E-state index in [1.807, 2.05) is 0 Å². The van der Waals surface area contributed by atoms with Crippen LogP contribution in [0, 0.1) is 16.7 Å². The average molecular weight is 688 g/mol. The molecule has 1 amide bonds. The number of fused-ring (bicyclic) bond motifs is 5. The summed E-state index contributed by atoms with van der Waals surface area (Å²) >= 11 is 0. The molecule has 1 aromatic carbocycles. The normalized spacial score (nSPS) is 37.5. The van der Waals surface area contributed by atoms with Gasteiger partial charge in [0, 0.05) is 39.0 Å². The SMILES string of the molecule is CC(=O)N[C@@H](c1ccccc1)[C@@H](O)C(=O)O[C@H]1C[C@@]2(O)[C@@H](OC(C)=O)C3[C@](C)(C(=O)[C@H](O)C(=C1C)C2(C)C)[C@@H](O)C[C@H]1OC[C@@]31OC(C)=O. The van der Waals surface area contributed by atoms with E-state index in [1.54, 1.807) is 44.2 Å². The number of carbonyl (C=O) groups is 5. The number of esters is 3. The molecule has 1 unspecified atom stereocenters. The van der Waals surface area contributed by atoms with E-state index in [-0.39, 0.29) is 24.2 Å². The number of ether oxygens (including phenoxy) is 4. The van der Waals surface area contributed by atoms with Crippen LogP contribution < -0.4 is 5.32 Å². The Kier molecular flexibility index (Phi) is 9.39. The Morgan fingerprint density at radius 2 is 1.63 bits per heavy atom. The number of rotatable bonds is 7. The van der Waals surface area contributed by atoms with Gasteiger partial charge in [0.05, 0.1) is 30.1 Å². The maximum absolute atomic E-state index is 14.6. The van der Waals surface area contributed by atoms with E-state index in [9.17, 15) is 44.4 Å². The lowest BCUT2D eigenvalue weighted by molar-refractivity contribution is -0.347. The van der Waals surface area contributed by atoms with Crippen molar-refractivity contribution in [3.8, 4) is 0 Å². The molecule has 2 saturated carbocycles. The minimum absolute atomic E-state index is 0.0300. The second kappa shape index (κ2) is 12.6. The first-order valence-corrected chi connectivity index (χ1v) is 16.3. The highest BCUT2D eigenvalue weighted by Crippen LogP contribution is 2.64. The zero-order valence-electron chi connectivity index (χ0n) is 28.6. The van der Waals surface area contributed by atoms with E-state index in [0.717, 1.165) is 13.8 Å². The van der Waals surface area contributed by atoms with Crippen molar-refractivity contribution in [2.75, 3.05) is 6.61 Å². The zero-order valence-corrected chi connectivity index (χ0v) is 28.6. The summed E-state index contributed by atoms with van der Waals surface area (Å²) in [5, 5.41) is 50.2. The van der Waals surface area contributed by atoms with E-state index < -0.39 is 107 Å². The van der Waals surface area contributed by atoms with Gasteiger partial charge in [-0.05, 0) is 30.6 Å². The molecule has 0 aromatic heterocycles. The molecule has 4 aliphatic rings. The fourth-order valence-electron chi connectivity index (χ4n) is 8.77. The van der Waals surface area contributed by atoms with Gasteiger partial charge >= 0.3 is 17.9 Å². The molecule has 14 nitrogen and oxygen atoms in total. The van der Waals surface area contributed by atoms with Crippen LogP contribution in [0.3, 0.4) is 0 Å². The third-order valence-corrected chi connectivity index (χ3v) is 11.3. The summed E-state index contributed by atoms with van der Waals surface area (Å²) in [5.74, 6) is -5.65. The van der Waals surface area contributed by atoms with Crippen molar-refractivity contribution in [1.29, 1.82) is 0 Å². The first-order chi connectivity index (χ1) is 22.7. The quantitative estimate of drug-likeness (QED) is 0.151. The molecule has 0 spiro atoms. The van der Waals surface area contributed by atoms with Crippen molar-refractivity contribution >= 4 is 29.6 Å². The fourth-order valence-corrected chi connectivity index (χ4v) is 8.77. The second-order valence-corrected chi connectivity index (χ2v) is 14.5. The summed E-state index contributed by atoms with van der Waals surface area (Å²) < 4.78 is 23.3. The Hall–Kier alpha value is -3.69. The van der Waals surface area contributed by atoms with Gasteiger partial charge in [-0.1, -0.05) is 44.2 Å². The molecule has 11 atom stereocenters. The summed E-state index contributed by atoms with van der Waals surface area (Å²) in [6.45, 7) is 9.21. The van der Waals surface area contributed by atoms with Crippen LogP contribution in [0.4, 0.5) is 0 Å². The molecule has 0 radical (unpaired) electrons. The number of hydrogen-bond acceptors (Lipinski definition) is 13. The molecule has 3 aliphatic carbocycles. The summed E-state index contributed by atoms with van der Waals surface area (Å²) in [7, 11) is 0. The van der Waals surface area contributed by atoms with Gasteiger partial charge in [-0.3, -0.25) is 19.2 Å². The van der Waals surface area contributed by atoms with Crippen molar-refractivity contribution in [2.45, 2.75) is 115 Å². The number of hydrogen-bond donors (Lipinski definition) is 5. The van der Waals surface area contributed by atoms with E-state index in [1.165, 1.54) is 20.8 Å². The summed E-state index contributed by atoms with van der Waals surface area (Å²) in [5.41, 5.74) is -6.83. The largest absolute Gasteiger partial charge is 0.459 e. The van der Waals surface area contributed by atoms with Gasteiger partial charge in [0.1, 0.15) is 30.0 Å². The first kappa shape index (κ1) is 36.6. The van der Waals surface area contributed by atoms with E-state index in [4.69, 9.17) is 18.9 Å². The Labute approximate surface area is 283 Å². The molecule has 5 N–H and O–H groups in total. The van der Waals surface area contributed by atoms with Crippen LogP contribution in [0.15, 0.2) is 41.5 Å². The molecule has 1 aliphatic heterocycles. The Morgan fingerprint density at radius 1 is 1.00 bits per heavy atom. The van der Waals surface area contributed by atoms with Crippen molar-refractivity contribution < 1.29 is 63.3 Å². The Balaban J connectivity index is 1.66. The molecule has 1 aromatic rings. The lowest BCUT2D eigenvalue weighted by Gasteiger charge is -2.67. The predicted octanol–water partition coefficient (Wildman–Crippen LogP) is 0.577. The van der Waals surface area contributed by atoms with Crippen LogP contribution in [0.2, 0.25) is 0 Å². The maximum atomic E-state index is 14.6. The minimum Gasteiger partial charge on any atom is -0.459 e. The molecular weight excluding hydrogens is 642 g/mol. The number of Topliss-reactive ketones (excluding diaryl/α,β-unsaturated/α-hetero) is 1. The lowest BCUT2D eigenvalue weighted by Crippen LogP contribution is -2.81. The predicted molar refractivity (Wildman–Crippen MR) is 168 cm³/mol. The number of carbonyl (C=O) groups excluding carboxylic acids is 5. The van der Waals surface area contributed by atoms with Crippen LogP contribution >= 0.6 is 0 Å². The van der Waals surface area contributed by atoms with Gasteiger partial charge < -0.3 is 44.7 Å². The number of ketones is 1. The molecule has 14 heteroatoms. The van der Waals surface area contributed by atoms with Crippen LogP contribution in [0.25, 0.3) is 0 Å². The van der Waals surface area contributed by atoms with Gasteiger partial charge in [0.25, 0.3) is 0 Å². The van der Waals surface area contributed by atoms with Crippen molar-refractivity contribution in [3.63, 3.8) is 0 Å². The number of aliphatic hydroxyl groups excluding tert-OH is 3. The van der Waals surface area contributed by atoms with Gasteiger partial charge in [-0.25, -0.2) is 4.79 Å². The molecule has 5 rings (SSSR count). The van der Waals surface area contributed by atoms with E-state index in [0.29, 0.717) is 5.56 Å². The molecule has 268 valence electrons. The third kappa shape index (κ3) is 5.57. The molecule has 49 heavy (non-hydrogen) atoms. The maximum Gasteiger partial charge on any atom is 0.338 e. The average Bonchev–Trinajstić information content (AvgIpc) is 3.01. The highest BCUT2D eigenvalue weighted by molar-refractivity contribution is 5.93. The second-order valence-electron chi connectivity index (χ2n) is 14.5. The number of benzene rings is 1. The highest BCUT2D eigenvalue weighted by atomic mass is 16.6. The van der Waals surface area contributed by atoms with Crippen molar-refractivity contribution in [2.24, 2.45) is 16.7 Å². The van der Waals surface area contributed by atoms with Gasteiger partial charge in [0.15, 0.2) is 17.5 Å². The van der Waals surface area contributed by atoms with Gasteiger partial charge in [-0.2, -0.15) is 0 Å². The topological polar surface area (TPSA) is 215 Å². The van der Waals surface area contributed by atoms with Gasteiger partial charge in [0.2, 0.25) is 5.91 Å². The number of aliphatic hydroxyl groups is 4. The van der Waals surface area contributed by atoms with E-state index >= 15 is 0 Å². The van der Waals surface area contributed by atoms with Crippen LogP contribution in [0.5, 0.6) is 0 Å². The summed E-state index contributed by atoms with van der Waals surface area (Å²) in [4.78, 5) is 65.7. The molecule has 2 bridgehead atoms. The lowest BCUT2D eigenvalue weighted by atomic mass is 9.44. The van der Waals surface area contributed by atoms with Gasteiger partial charge in [-0.15, -0.1) is 0 Å². The number of amides is 1. The standard InChI is InChI=1S/C35H45NO13/c1-16-21(48-31(44)27(42)25(36-17(2)37)20-11-9-8-10-12-20)14-35(45)30(47-18(3)38)28-33(7,29(43)26(41)24(16)32(35,5)6)22(40)13-23-34(28,15-46-23)49-19(4)39/h8-12,21-23,25-28,30,40-42,45H,13-15H2,1-7H3,(H,36,37)/t21-,22-,23+,25-,26+,27+,28?,30-,33+,34-,35+/m0/s1. The minimum atomic E-state index is -2.25. The number of nitrogens with one attached hydrogen (secondary N) is 1. The van der Waals surface area contributed by atoms with E-state index in [2.05, 4.69) is 5.32 Å². The molecular formula is C35H45NO13. The van der Waals surface area contributed by atoms with Crippen LogP contribution in [0.1, 0.15) is 72.9 Å². The third-order valence-electron chi connectivity index (χ3n) is 11.3. The summed E-state index contributed by atoms with van der Waals surface area (Å²) in [6.07, 6.45) is -10.00. The smallest absolute Gasteiger partial charge is 0.338 e. The monoisotopic (exact) mass is 687 g/mol. The van der Waals surface area contributed by atoms with Crippen molar-refractivity contribution in [3.05, 3.63) is 47.0 Å². The van der Waals surface area contributed by atoms with Crippen LogP contribution in [-0.4, -0.2) is 104 Å².